The summed E-state index contributed by atoms with van der Waals surface area (Å²) in [7, 11) is 0. The molecule has 3 nitrogen and oxygen atoms in total. The van der Waals surface area contributed by atoms with Crippen LogP contribution in [-0.4, -0.2) is 22.9 Å². The molecule has 1 aromatic carbocycles. The fraction of sp³-hybridized carbons (Fsp3) is 0.462. The van der Waals surface area contributed by atoms with Crippen molar-refractivity contribution in [2.24, 2.45) is 5.73 Å². The molecule has 1 amide bonds. The van der Waals surface area contributed by atoms with Crippen molar-refractivity contribution in [3.8, 4) is 0 Å². The van der Waals surface area contributed by atoms with Crippen molar-refractivity contribution in [1.29, 1.82) is 0 Å². The lowest BCUT2D eigenvalue weighted by Crippen LogP contribution is -2.45. The van der Waals surface area contributed by atoms with Gasteiger partial charge in [-0.3, -0.25) is 4.79 Å². The largest absolute Gasteiger partial charge is 0.335 e. The number of hydrogen-bond donors (Lipinski definition) is 1. The Balaban J connectivity index is 0.00000289. The lowest BCUT2D eigenvalue weighted by Gasteiger charge is -2.28. The molecule has 0 aliphatic carbocycles. The summed E-state index contributed by atoms with van der Waals surface area (Å²) >= 11 is 5.92. The quantitative estimate of drug-likeness (QED) is 0.927. The highest BCUT2D eigenvalue weighted by molar-refractivity contribution is 6.30. The first-order chi connectivity index (χ1) is 7.91. The highest BCUT2D eigenvalue weighted by Crippen LogP contribution is 2.14. The van der Waals surface area contributed by atoms with Gasteiger partial charge in [0.25, 0.3) is 0 Å². The molecule has 0 aliphatic rings. The van der Waals surface area contributed by atoms with Gasteiger partial charge in [-0.1, -0.05) is 23.7 Å². The molecule has 0 aromatic heterocycles. The van der Waals surface area contributed by atoms with Crippen molar-refractivity contribution in [2.75, 3.05) is 0 Å². The molecule has 18 heavy (non-hydrogen) atoms. The van der Waals surface area contributed by atoms with Crippen molar-refractivity contribution in [3.63, 3.8) is 0 Å². The molecule has 0 bridgehead atoms. The zero-order valence-corrected chi connectivity index (χ0v) is 12.5. The molecular weight excluding hydrogens is 271 g/mol. The second-order valence-electron chi connectivity index (χ2n) is 4.48. The van der Waals surface area contributed by atoms with E-state index in [2.05, 4.69) is 0 Å². The van der Waals surface area contributed by atoms with Crippen molar-refractivity contribution >= 4 is 29.9 Å². The van der Waals surface area contributed by atoms with E-state index in [-0.39, 0.29) is 24.4 Å². The third kappa shape index (κ3) is 4.84. The molecule has 0 spiro atoms. The molecule has 0 unspecified atom stereocenters. The summed E-state index contributed by atoms with van der Waals surface area (Å²) in [6, 6.07) is 7.16. The van der Waals surface area contributed by atoms with Crippen molar-refractivity contribution in [2.45, 2.75) is 39.4 Å². The van der Waals surface area contributed by atoms with Gasteiger partial charge in [-0.2, -0.15) is 0 Å². The standard InChI is InChI=1S/C13H19ClN2O.ClH/c1-9(2)16(13(17)10(3)15)8-11-5-4-6-12(14)7-11;/h4-7,9-10H,8,15H2,1-3H3;1H/t10-;/m1./s1. The van der Waals surface area contributed by atoms with Gasteiger partial charge in [0.05, 0.1) is 6.04 Å². The zero-order chi connectivity index (χ0) is 13.0. The van der Waals surface area contributed by atoms with Crippen LogP contribution in [0.3, 0.4) is 0 Å². The summed E-state index contributed by atoms with van der Waals surface area (Å²) in [4.78, 5) is 13.7. The maximum Gasteiger partial charge on any atom is 0.239 e. The fourth-order valence-electron chi connectivity index (χ4n) is 1.61. The maximum atomic E-state index is 11.9. The van der Waals surface area contributed by atoms with Crippen LogP contribution in [0.5, 0.6) is 0 Å². The van der Waals surface area contributed by atoms with Crippen molar-refractivity contribution in [1.82, 2.24) is 4.90 Å². The topological polar surface area (TPSA) is 46.3 Å². The van der Waals surface area contributed by atoms with Gasteiger partial charge < -0.3 is 10.6 Å². The Kier molecular flexibility index (Phi) is 7.29. The Hall–Kier alpha value is -0.770. The van der Waals surface area contributed by atoms with Gasteiger partial charge in [0, 0.05) is 17.6 Å². The number of hydrogen-bond acceptors (Lipinski definition) is 2. The zero-order valence-electron chi connectivity index (χ0n) is 10.9. The van der Waals surface area contributed by atoms with Gasteiger partial charge in [0.15, 0.2) is 0 Å². The number of benzene rings is 1. The summed E-state index contributed by atoms with van der Waals surface area (Å²) in [5.41, 5.74) is 6.65. The highest BCUT2D eigenvalue weighted by atomic mass is 35.5. The minimum Gasteiger partial charge on any atom is -0.335 e. The van der Waals surface area contributed by atoms with Crippen LogP contribution >= 0.6 is 24.0 Å². The van der Waals surface area contributed by atoms with Gasteiger partial charge >= 0.3 is 0 Å². The number of halogens is 2. The number of nitrogens with zero attached hydrogens (tertiary/aromatic N) is 1. The predicted molar refractivity (Wildman–Crippen MR) is 78.0 cm³/mol. The van der Waals surface area contributed by atoms with E-state index in [0.717, 1.165) is 5.56 Å². The lowest BCUT2D eigenvalue weighted by molar-refractivity contribution is -0.134. The van der Waals surface area contributed by atoms with Crippen LogP contribution in [0, 0.1) is 0 Å². The van der Waals surface area contributed by atoms with Gasteiger partial charge in [-0.15, -0.1) is 12.4 Å². The molecule has 0 heterocycles. The van der Waals surface area contributed by atoms with Gasteiger partial charge in [0.1, 0.15) is 0 Å². The first-order valence-electron chi connectivity index (χ1n) is 5.72. The van der Waals surface area contributed by atoms with E-state index < -0.39 is 6.04 Å². The smallest absolute Gasteiger partial charge is 0.239 e. The first-order valence-corrected chi connectivity index (χ1v) is 6.10. The minimum absolute atomic E-state index is 0. The van der Waals surface area contributed by atoms with E-state index in [1.807, 2.05) is 38.1 Å². The van der Waals surface area contributed by atoms with E-state index in [4.69, 9.17) is 17.3 Å². The van der Waals surface area contributed by atoms with Crippen LogP contribution in [0.2, 0.25) is 5.02 Å². The Labute approximate surface area is 120 Å². The van der Waals surface area contributed by atoms with Crippen LogP contribution in [0.1, 0.15) is 26.3 Å². The average Bonchev–Trinajstić information content (AvgIpc) is 2.24. The highest BCUT2D eigenvalue weighted by Gasteiger charge is 2.20. The Bertz CT molecular complexity index is 394. The van der Waals surface area contributed by atoms with Crippen LogP contribution in [0.15, 0.2) is 24.3 Å². The summed E-state index contributed by atoms with van der Waals surface area (Å²) in [5.74, 6) is -0.0417. The van der Waals surface area contributed by atoms with E-state index in [1.54, 1.807) is 11.8 Å². The van der Waals surface area contributed by atoms with Crippen molar-refractivity contribution in [3.05, 3.63) is 34.9 Å². The second kappa shape index (κ2) is 7.62. The maximum absolute atomic E-state index is 11.9. The third-order valence-corrected chi connectivity index (χ3v) is 2.77. The van der Waals surface area contributed by atoms with Gasteiger partial charge in [-0.05, 0) is 38.5 Å². The van der Waals surface area contributed by atoms with E-state index >= 15 is 0 Å². The molecular formula is C13H20Cl2N2O. The molecule has 0 saturated heterocycles. The summed E-state index contributed by atoms with van der Waals surface area (Å²) in [6.07, 6.45) is 0. The SMILES string of the molecule is CC(C)N(Cc1cccc(Cl)c1)C(=O)[C@@H](C)N.Cl. The first kappa shape index (κ1) is 17.2. The molecule has 0 radical (unpaired) electrons. The molecule has 102 valence electrons. The number of carbonyl (C=O) groups excluding carboxylic acids is 1. The lowest BCUT2D eigenvalue weighted by atomic mass is 10.1. The summed E-state index contributed by atoms with van der Waals surface area (Å²) in [6.45, 7) is 6.20. The van der Waals surface area contributed by atoms with Gasteiger partial charge in [0.2, 0.25) is 5.91 Å². The van der Waals surface area contributed by atoms with Crippen LogP contribution in [-0.2, 0) is 11.3 Å². The minimum atomic E-state index is -0.475. The normalized spacial score (nSPS) is 11.9. The second-order valence-corrected chi connectivity index (χ2v) is 4.91. The van der Waals surface area contributed by atoms with E-state index in [0.29, 0.717) is 11.6 Å². The number of rotatable bonds is 4. The average molecular weight is 291 g/mol. The molecule has 2 N–H and O–H groups in total. The van der Waals surface area contributed by atoms with Gasteiger partial charge in [-0.25, -0.2) is 0 Å². The molecule has 0 fully saturated rings. The van der Waals surface area contributed by atoms with Crippen LogP contribution < -0.4 is 5.73 Å². The van der Waals surface area contributed by atoms with Crippen LogP contribution in [0.25, 0.3) is 0 Å². The molecule has 1 aromatic rings. The Morgan fingerprint density at radius 2 is 2.00 bits per heavy atom. The monoisotopic (exact) mass is 290 g/mol. The van der Waals surface area contributed by atoms with Crippen molar-refractivity contribution < 1.29 is 4.79 Å². The molecule has 1 atom stereocenters. The molecule has 1 rings (SSSR count). The number of carbonyl (C=O) groups is 1. The predicted octanol–water partition coefficient (Wildman–Crippen LogP) is 2.85. The Morgan fingerprint density at radius 3 is 2.44 bits per heavy atom. The van der Waals surface area contributed by atoms with E-state index in [1.165, 1.54) is 0 Å². The molecule has 0 aliphatic heterocycles. The summed E-state index contributed by atoms with van der Waals surface area (Å²) < 4.78 is 0. The van der Waals surface area contributed by atoms with E-state index in [9.17, 15) is 4.79 Å². The molecule has 0 saturated carbocycles. The van der Waals surface area contributed by atoms with Crippen LogP contribution in [0.4, 0.5) is 0 Å². The number of amides is 1. The number of nitrogens with two attached hydrogens (primary N) is 1. The third-order valence-electron chi connectivity index (χ3n) is 2.54. The fourth-order valence-corrected chi connectivity index (χ4v) is 1.82. The Morgan fingerprint density at radius 1 is 1.39 bits per heavy atom. The molecule has 5 heteroatoms. The summed E-state index contributed by atoms with van der Waals surface area (Å²) in [5, 5.41) is 0.680.